The van der Waals surface area contributed by atoms with Crippen molar-refractivity contribution in [1.29, 1.82) is 0 Å². The van der Waals surface area contributed by atoms with Crippen LogP contribution in [0.1, 0.15) is 13.3 Å². The largest absolute Gasteiger partial charge is 0.285 e. The normalized spacial score (nSPS) is 23.6. The van der Waals surface area contributed by atoms with E-state index in [-0.39, 0.29) is 12.5 Å². The Bertz CT molecular complexity index is 147. The van der Waals surface area contributed by atoms with Crippen molar-refractivity contribution < 1.29 is 8.78 Å². The van der Waals surface area contributed by atoms with Crippen LogP contribution in [-0.2, 0) is 0 Å². The van der Waals surface area contributed by atoms with Crippen LogP contribution >= 0.6 is 0 Å². The number of hydrazone groups is 1. The fourth-order valence-electron chi connectivity index (χ4n) is 0.862. The highest BCUT2D eigenvalue weighted by molar-refractivity contribution is 5.64. The minimum Gasteiger partial charge on any atom is -0.285 e. The SMILES string of the molecule is CCC1[C]=NN(CC(F)F)[CH]1. The number of alkyl halides is 2. The Kier molecular flexibility index (Phi) is 2.79. The molecular weight excluding hydrogens is 150 g/mol. The van der Waals surface area contributed by atoms with Gasteiger partial charge in [-0.2, -0.15) is 5.10 Å². The van der Waals surface area contributed by atoms with Crippen molar-refractivity contribution in [3.63, 3.8) is 0 Å². The molecule has 1 aliphatic rings. The van der Waals surface area contributed by atoms with Crippen molar-refractivity contribution >= 4 is 6.21 Å². The van der Waals surface area contributed by atoms with Crippen LogP contribution in [0.25, 0.3) is 0 Å². The van der Waals surface area contributed by atoms with Crippen LogP contribution in [0.4, 0.5) is 8.78 Å². The van der Waals surface area contributed by atoms with Crippen LogP contribution in [0.15, 0.2) is 5.10 Å². The highest BCUT2D eigenvalue weighted by Gasteiger charge is 2.19. The second kappa shape index (κ2) is 3.64. The van der Waals surface area contributed by atoms with Crippen molar-refractivity contribution in [1.82, 2.24) is 5.01 Å². The van der Waals surface area contributed by atoms with E-state index in [1.54, 1.807) is 6.54 Å². The molecule has 0 amide bonds. The lowest BCUT2D eigenvalue weighted by Gasteiger charge is -2.12. The van der Waals surface area contributed by atoms with Crippen LogP contribution in [0.3, 0.4) is 0 Å². The zero-order valence-corrected chi connectivity index (χ0v) is 6.30. The molecular formula is C7H10F2N2. The van der Waals surface area contributed by atoms with Gasteiger partial charge in [0.15, 0.2) is 0 Å². The summed E-state index contributed by atoms with van der Waals surface area (Å²) in [6, 6.07) is 0. The first kappa shape index (κ1) is 8.43. The molecule has 0 saturated carbocycles. The summed E-state index contributed by atoms with van der Waals surface area (Å²) in [7, 11) is 0. The van der Waals surface area contributed by atoms with E-state index in [0.29, 0.717) is 0 Å². The van der Waals surface area contributed by atoms with Crippen LogP contribution in [-0.4, -0.2) is 24.2 Å². The molecule has 0 fully saturated rings. The number of rotatable bonds is 3. The molecule has 0 bridgehead atoms. The van der Waals surface area contributed by atoms with Crippen LogP contribution in [0.5, 0.6) is 0 Å². The van der Waals surface area contributed by atoms with Gasteiger partial charge in [0.25, 0.3) is 6.43 Å². The molecule has 1 rings (SSSR count). The van der Waals surface area contributed by atoms with Gasteiger partial charge in [-0.3, -0.25) is 5.01 Å². The quantitative estimate of drug-likeness (QED) is 0.612. The van der Waals surface area contributed by atoms with Crippen molar-refractivity contribution in [3.8, 4) is 0 Å². The monoisotopic (exact) mass is 160 g/mol. The van der Waals surface area contributed by atoms with E-state index in [1.807, 2.05) is 6.92 Å². The first-order valence-corrected chi connectivity index (χ1v) is 3.58. The molecule has 0 aromatic rings. The van der Waals surface area contributed by atoms with Gasteiger partial charge >= 0.3 is 0 Å². The maximum Gasteiger partial charge on any atom is 0.257 e. The van der Waals surface area contributed by atoms with Crippen LogP contribution in [0.2, 0.25) is 0 Å². The van der Waals surface area contributed by atoms with E-state index in [1.165, 1.54) is 5.01 Å². The summed E-state index contributed by atoms with van der Waals surface area (Å²) in [6.07, 6.45) is 1.26. The molecule has 2 nitrogen and oxygen atoms in total. The van der Waals surface area contributed by atoms with E-state index in [9.17, 15) is 8.78 Å². The summed E-state index contributed by atoms with van der Waals surface area (Å²) < 4.78 is 23.5. The third kappa shape index (κ3) is 2.44. The summed E-state index contributed by atoms with van der Waals surface area (Å²) >= 11 is 0. The molecule has 1 atom stereocenters. The van der Waals surface area contributed by atoms with Gasteiger partial charge in [0.1, 0.15) is 0 Å². The summed E-state index contributed by atoms with van der Waals surface area (Å²) in [6.45, 7) is 3.32. The lowest BCUT2D eigenvalue weighted by atomic mass is 10.1. The van der Waals surface area contributed by atoms with Crippen LogP contribution < -0.4 is 0 Å². The Labute approximate surface area is 64.9 Å². The average Bonchev–Trinajstić information content (AvgIpc) is 2.34. The van der Waals surface area contributed by atoms with Crippen molar-refractivity contribution in [2.45, 2.75) is 19.8 Å². The molecule has 62 valence electrons. The van der Waals surface area contributed by atoms with Gasteiger partial charge in [0, 0.05) is 5.92 Å². The Hall–Kier alpha value is -0.670. The number of hydrogen-bond acceptors (Lipinski definition) is 2. The van der Waals surface area contributed by atoms with E-state index in [0.717, 1.165) is 6.42 Å². The second-order valence-corrected chi connectivity index (χ2v) is 2.41. The average molecular weight is 160 g/mol. The third-order valence-corrected chi connectivity index (χ3v) is 1.47. The molecule has 0 aliphatic carbocycles. The van der Waals surface area contributed by atoms with Gasteiger partial charge in [0.05, 0.1) is 19.3 Å². The summed E-state index contributed by atoms with van der Waals surface area (Å²) in [5.41, 5.74) is 0. The van der Waals surface area contributed by atoms with Gasteiger partial charge in [-0.25, -0.2) is 8.78 Å². The van der Waals surface area contributed by atoms with Crippen molar-refractivity contribution in [3.05, 3.63) is 6.54 Å². The predicted molar refractivity (Wildman–Crippen MR) is 38.2 cm³/mol. The van der Waals surface area contributed by atoms with E-state index in [2.05, 4.69) is 11.3 Å². The maximum atomic E-state index is 11.8. The van der Waals surface area contributed by atoms with E-state index >= 15 is 0 Å². The molecule has 0 spiro atoms. The number of halogens is 2. The Morgan fingerprint density at radius 2 is 2.45 bits per heavy atom. The Morgan fingerprint density at radius 1 is 1.73 bits per heavy atom. The molecule has 11 heavy (non-hydrogen) atoms. The van der Waals surface area contributed by atoms with Crippen molar-refractivity contribution in [2.75, 3.05) is 6.54 Å². The number of nitrogens with zero attached hydrogens (tertiary/aromatic N) is 2. The lowest BCUT2D eigenvalue weighted by Crippen LogP contribution is -2.19. The zero-order chi connectivity index (χ0) is 8.27. The predicted octanol–water partition coefficient (Wildman–Crippen LogP) is 1.62. The lowest BCUT2D eigenvalue weighted by molar-refractivity contribution is 0.104. The molecule has 1 unspecified atom stereocenters. The Balaban J connectivity index is 2.26. The van der Waals surface area contributed by atoms with Gasteiger partial charge in [-0.05, 0) is 6.42 Å². The van der Waals surface area contributed by atoms with Crippen molar-refractivity contribution in [2.24, 2.45) is 11.0 Å². The van der Waals surface area contributed by atoms with Crippen LogP contribution in [0, 0.1) is 12.5 Å². The van der Waals surface area contributed by atoms with E-state index < -0.39 is 6.43 Å². The highest BCUT2D eigenvalue weighted by atomic mass is 19.3. The summed E-state index contributed by atoms with van der Waals surface area (Å²) in [5, 5.41) is 4.92. The Morgan fingerprint density at radius 3 is 2.91 bits per heavy atom. The number of hydrogen-bond donors (Lipinski definition) is 0. The smallest absolute Gasteiger partial charge is 0.257 e. The fraction of sp³-hybridized carbons (Fsp3) is 0.714. The minimum absolute atomic E-state index is 0.119. The summed E-state index contributed by atoms with van der Waals surface area (Å²) in [4.78, 5) is 0. The molecule has 0 aromatic carbocycles. The minimum atomic E-state index is -2.33. The molecule has 0 saturated heterocycles. The maximum absolute atomic E-state index is 11.8. The zero-order valence-electron chi connectivity index (χ0n) is 6.30. The molecule has 0 N–H and O–H groups in total. The fourth-order valence-corrected chi connectivity index (χ4v) is 0.862. The first-order chi connectivity index (χ1) is 5.22. The van der Waals surface area contributed by atoms with Gasteiger partial charge in [0.2, 0.25) is 0 Å². The molecule has 0 aromatic heterocycles. The summed E-state index contributed by atoms with van der Waals surface area (Å²) in [5.74, 6) is 0.119. The van der Waals surface area contributed by atoms with Gasteiger partial charge < -0.3 is 0 Å². The van der Waals surface area contributed by atoms with Gasteiger partial charge in [-0.1, -0.05) is 6.92 Å². The molecule has 1 aliphatic heterocycles. The topological polar surface area (TPSA) is 15.6 Å². The molecule has 4 heteroatoms. The second-order valence-electron chi connectivity index (χ2n) is 2.41. The van der Waals surface area contributed by atoms with Gasteiger partial charge in [-0.15, -0.1) is 0 Å². The highest BCUT2D eigenvalue weighted by Crippen LogP contribution is 2.16. The molecule has 2 radical (unpaired) electrons. The standard InChI is InChI=1S/C7H10F2N2/c1-2-6-3-10-11(4-6)5-7(8)9/h4,6-7H,2,5H2,1H3. The first-order valence-electron chi connectivity index (χ1n) is 3.58. The third-order valence-electron chi connectivity index (χ3n) is 1.47. The molecule has 1 heterocycles. The van der Waals surface area contributed by atoms with E-state index in [4.69, 9.17) is 0 Å².